The molecule has 0 radical (unpaired) electrons. The summed E-state index contributed by atoms with van der Waals surface area (Å²) in [5, 5.41) is 7.29. The largest absolute Gasteiger partial charge is 0.460 e. The lowest BCUT2D eigenvalue weighted by Gasteiger charge is -2.45. The summed E-state index contributed by atoms with van der Waals surface area (Å²) in [5.41, 5.74) is 2.38. The third-order valence-corrected chi connectivity index (χ3v) is 7.83. The van der Waals surface area contributed by atoms with E-state index in [1.807, 2.05) is 18.5 Å². The van der Waals surface area contributed by atoms with E-state index in [-0.39, 0.29) is 6.10 Å². The minimum atomic E-state index is 0.172. The Morgan fingerprint density at radius 1 is 1.06 bits per heavy atom. The van der Waals surface area contributed by atoms with Crippen LogP contribution in [0.25, 0.3) is 10.6 Å². The van der Waals surface area contributed by atoms with Gasteiger partial charge in [0.25, 0.3) is 0 Å². The van der Waals surface area contributed by atoms with E-state index in [0.717, 1.165) is 74.1 Å². The summed E-state index contributed by atoms with van der Waals surface area (Å²) in [5.74, 6) is 1.05. The molecule has 172 valence electrons. The minimum absolute atomic E-state index is 0.172. The highest BCUT2D eigenvalue weighted by Gasteiger charge is 2.42. The molecule has 5 heterocycles. The summed E-state index contributed by atoms with van der Waals surface area (Å²) in [6.07, 6.45) is 13.0. The van der Waals surface area contributed by atoms with Crippen molar-refractivity contribution in [3.63, 3.8) is 0 Å². The van der Waals surface area contributed by atoms with Crippen LogP contribution in [0, 0.1) is 5.41 Å². The number of hydrogen-bond donors (Lipinski definition) is 2. The Morgan fingerprint density at radius 2 is 1.91 bits per heavy atom. The molecule has 9 nitrogen and oxygen atoms in total. The van der Waals surface area contributed by atoms with Gasteiger partial charge in [0.2, 0.25) is 5.95 Å². The van der Waals surface area contributed by atoms with Gasteiger partial charge in [0.1, 0.15) is 6.10 Å². The van der Waals surface area contributed by atoms with Crippen LogP contribution in [0.15, 0.2) is 30.9 Å². The highest BCUT2D eigenvalue weighted by atomic mass is 32.1. The molecule has 2 saturated heterocycles. The Bertz CT molecular complexity index is 1090. The van der Waals surface area contributed by atoms with E-state index in [9.17, 15) is 0 Å². The van der Waals surface area contributed by atoms with E-state index in [1.54, 1.807) is 12.4 Å². The zero-order valence-electron chi connectivity index (χ0n) is 18.4. The first-order valence-corrected chi connectivity index (χ1v) is 12.4. The molecule has 3 aromatic heterocycles. The van der Waals surface area contributed by atoms with Crippen molar-refractivity contribution < 1.29 is 9.47 Å². The molecule has 1 aliphatic carbocycles. The van der Waals surface area contributed by atoms with E-state index >= 15 is 0 Å². The molecule has 0 amide bonds. The second kappa shape index (κ2) is 8.92. The van der Waals surface area contributed by atoms with Gasteiger partial charge in [-0.3, -0.25) is 0 Å². The van der Waals surface area contributed by atoms with Gasteiger partial charge in [-0.2, -0.15) is 4.98 Å². The first-order valence-electron chi connectivity index (χ1n) is 11.6. The number of ether oxygens (including phenoxy) is 2. The monoisotopic (exact) mass is 465 g/mol. The van der Waals surface area contributed by atoms with Crippen LogP contribution in [0.4, 0.5) is 11.1 Å². The van der Waals surface area contributed by atoms with Crippen LogP contribution in [-0.4, -0.2) is 57.3 Å². The fourth-order valence-electron chi connectivity index (χ4n) is 4.78. The lowest BCUT2D eigenvalue weighted by molar-refractivity contribution is -0.140. The smallest absolute Gasteiger partial charge is 0.317 e. The second-order valence-electron chi connectivity index (χ2n) is 9.22. The van der Waals surface area contributed by atoms with Crippen LogP contribution in [0.2, 0.25) is 0 Å². The lowest BCUT2D eigenvalue weighted by atomic mass is 9.72. The van der Waals surface area contributed by atoms with E-state index in [2.05, 4.69) is 35.6 Å². The first-order chi connectivity index (χ1) is 16.2. The van der Waals surface area contributed by atoms with E-state index in [1.165, 1.54) is 16.9 Å². The molecule has 0 unspecified atom stereocenters. The maximum absolute atomic E-state index is 6.12. The Balaban J connectivity index is 1.08. The van der Waals surface area contributed by atoms with Crippen molar-refractivity contribution in [1.82, 2.24) is 30.2 Å². The second-order valence-corrected chi connectivity index (χ2v) is 10.2. The fourth-order valence-corrected chi connectivity index (χ4v) is 5.56. The third-order valence-electron chi connectivity index (χ3n) is 6.90. The van der Waals surface area contributed by atoms with Crippen molar-refractivity contribution in [2.24, 2.45) is 5.41 Å². The van der Waals surface area contributed by atoms with Gasteiger partial charge in [-0.05, 0) is 50.3 Å². The van der Waals surface area contributed by atoms with Crippen LogP contribution >= 0.6 is 11.3 Å². The zero-order chi connectivity index (χ0) is 22.1. The molecule has 2 aliphatic heterocycles. The van der Waals surface area contributed by atoms with Crippen LogP contribution in [0.3, 0.4) is 0 Å². The molecule has 1 spiro atoms. The number of nitrogens with zero attached hydrogens (tertiary/aromatic N) is 5. The topological polar surface area (TPSA) is 107 Å². The Kier molecular flexibility index (Phi) is 5.65. The standard InChI is InChI=1S/C23H27N7O2S/c1-5-23(13-31-14-23)6-2-17(1)32-21-25-8-4-18(29-21)19-12-28-22(33-19)30-20-26-10-16(11-27-20)15-3-7-24-9-15/h4,8,10-12,15,17,24H,1-3,5-7,9,13-14H2,(H,26,27,28,30)/t15-/m1/s1. The maximum Gasteiger partial charge on any atom is 0.317 e. The molecule has 6 rings (SSSR count). The summed E-state index contributed by atoms with van der Waals surface area (Å²) in [6, 6.07) is 2.31. The quantitative estimate of drug-likeness (QED) is 0.565. The molecule has 0 aromatic carbocycles. The molecule has 10 heteroatoms. The average Bonchev–Trinajstić information content (AvgIpc) is 3.52. The number of thiazole rings is 1. The van der Waals surface area contributed by atoms with E-state index < -0.39 is 0 Å². The third kappa shape index (κ3) is 4.55. The highest BCUT2D eigenvalue weighted by molar-refractivity contribution is 7.18. The van der Waals surface area contributed by atoms with Gasteiger partial charge in [-0.25, -0.2) is 19.9 Å². The summed E-state index contributed by atoms with van der Waals surface area (Å²) in [7, 11) is 0. The molecule has 33 heavy (non-hydrogen) atoms. The van der Waals surface area contributed by atoms with Crippen molar-refractivity contribution in [1.29, 1.82) is 0 Å². The Morgan fingerprint density at radius 3 is 2.64 bits per heavy atom. The number of anilines is 2. The van der Waals surface area contributed by atoms with Gasteiger partial charge in [0.15, 0.2) is 5.13 Å². The van der Waals surface area contributed by atoms with Gasteiger partial charge < -0.3 is 20.1 Å². The summed E-state index contributed by atoms with van der Waals surface area (Å²) in [6.45, 7) is 3.85. The molecule has 3 aromatic rings. The molecule has 2 N–H and O–H groups in total. The predicted octanol–water partition coefficient (Wildman–Crippen LogP) is 3.55. The van der Waals surface area contributed by atoms with Gasteiger partial charge in [0.05, 0.1) is 23.8 Å². The van der Waals surface area contributed by atoms with Crippen molar-refractivity contribution in [2.75, 3.05) is 31.6 Å². The van der Waals surface area contributed by atoms with E-state index in [0.29, 0.717) is 23.3 Å². The minimum Gasteiger partial charge on any atom is -0.460 e. The maximum atomic E-state index is 6.12. The van der Waals surface area contributed by atoms with Crippen LogP contribution in [0.1, 0.15) is 43.6 Å². The fraction of sp³-hybridized carbons (Fsp3) is 0.522. The van der Waals surface area contributed by atoms with Gasteiger partial charge in [-0.1, -0.05) is 11.3 Å². The molecule has 1 saturated carbocycles. The van der Waals surface area contributed by atoms with Crippen molar-refractivity contribution in [2.45, 2.75) is 44.1 Å². The average molecular weight is 466 g/mol. The van der Waals surface area contributed by atoms with Crippen LogP contribution in [-0.2, 0) is 4.74 Å². The summed E-state index contributed by atoms with van der Waals surface area (Å²) >= 11 is 1.50. The number of hydrogen-bond acceptors (Lipinski definition) is 10. The molecular weight excluding hydrogens is 438 g/mol. The van der Waals surface area contributed by atoms with Crippen LogP contribution < -0.4 is 15.4 Å². The van der Waals surface area contributed by atoms with Crippen molar-refractivity contribution >= 4 is 22.4 Å². The zero-order valence-corrected chi connectivity index (χ0v) is 19.2. The molecule has 1 atom stereocenters. The van der Waals surface area contributed by atoms with Crippen molar-refractivity contribution in [3.8, 4) is 16.6 Å². The molecule has 0 bridgehead atoms. The molecule has 3 aliphatic rings. The SMILES string of the molecule is c1cc(-c2cnc(Nc3ncc([C@@H]4CCNC4)cn3)s2)nc(OC2CCC3(CC2)COC3)n1. The predicted molar refractivity (Wildman–Crippen MR) is 125 cm³/mol. The Hall–Kier alpha value is -2.69. The van der Waals surface area contributed by atoms with Gasteiger partial charge >= 0.3 is 6.01 Å². The molecule has 3 fully saturated rings. The van der Waals surface area contributed by atoms with Crippen LogP contribution in [0.5, 0.6) is 6.01 Å². The number of aromatic nitrogens is 5. The van der Waals surface area contributed by atoms with Gasteiger partial charge in [-0.15, -0.1) is 0 Å². The highest BCUT2D eigenvalue weighted by Crippen LogP contribution is 2.43. The number of nitrogens with one attached hydrogen (secondary N) is 2. The van der Waals surface area contributed by atoms with E-state index in [4.69, 9.17) is 9.47 Å². The number of rotatable bonds is 6. The van der Waals surface area contributed by atoms with Gasteiger partial charge in [0, 0.05) is 42.7 Å². The molecular formula is C23H27N7O2S. The normalized spacial score (nSPS) is 22.2. The van der Waals surface area contributed by atoms with Crippen molar-refractivity contribution in [3.05, 3.63) is 36.4 Å². The first kappa shape index (κ1) is 20.9. The lowest BCUT2D eigenvalue weighted by Crippen LogP contribution is -2.46. The summed E-state index contributed by atoms with van der Waals surface area (Å²) < 4.78 is 11.5. The Labute approximate surface area is 196 Å². The summed E-state index contributed by atoms with van der Waals surface area (Å²) in [4.78, 5) is 23.3.